The Hall–Kier alpha value is -1.95. The zero-order valence-corrected chi connectivity index (χ0v) is 19.2. The first-order chi connectivity index (χ1) is 14.3. The third-order valence-corrected chi connectivity index (χ3v) is 5.44. The van der Waals surface area contributed by atoms with Gasteiger partial charge in [-0.15, -0.1) is 0 Å². The monoisotopic (exact) mass is 470 g/mol. The molecule has 0 fully saturated rings. The number of nitrogens with one attached hydrogen (secondary N) is 1. The number of benzene rings is 2. The van der Waals surface area contributed by atoms with Gasteiger partial charge in [0.25, 0.3) is 0 Å². The fourth-order valence-corrected chi connectivity index (χ4v) is 3.60. The average molecular weight is 472 g/mol. The minimum Gasteiger partial charge on any atom is -0.494 e. The molecule has 2 amide bonds. The summed E-state index contributed by atoms with van der Waals surface area (Å²) in [6.07, 6.45) is 1.24. The summed E-state index contributed by atoms with van der Waals surface area (Å²) in [7, 11) is 1.56. The molecule has 0 aliphatic rings. The topological polar surface area (TPSA) is 58.6 Å². The van der Waals surface area contributed by atoms with Crippen molar-refractivity contribution < 1.29 is 14.3 Å². The first kappa shape index (κ1) is 24.3. The van der Waals surface area contributed by atoms with Crippen LogP contribution in [0, 0.1) is 0 Å². The van der Waals surface area contributed by atoms with E-state index in [4.69, 9.17) is 39.5 Å². The second kappa shape index (κ2) is 12.0. The molecule has 162 valence electrons. The number of nitrogens with zero attached hydrogens (tertiary/aromatic N) is 1. The van der Waals surface area contributed by atoms with Crippen LogP contribution in [0.1, 0.15) is 31.7 Å². The fourth-order valence-electron chi connectivity index (χ4n) is 3.01. The molecule has 1 atom stereocenters. The first-order valence-electron chi connectivity index (χ1n) is 9.69. The van der Waals surface area contributed by atoms with Crippen LogP contribution in [0.25, 0.3) is 0 Å². The van der Waals surface area contributed by atoms with Gasteiger partial charge >= 0.3 is 0 Å². The molecule has 8 heteroatoms. The Morgan fingerprint density at radius 1 is 1.07 bits per heavy atom. The van der Waals surface area contributed by atoms with Crippen LogP contribution in [-0.4, -0.2) is 36.4 Å². The number of rotatable bonds is 10. The van der Waals surface area contributed by atoms with Gasteiger partial charge < -0.3 is 15.0 Å². The summed E-state index contributed by atoms with van der Waals surface area (Å²) in [5.41, 5.74) is 0.731. The Labute approximate surface area is 192 Å². The Bertz CT molecular complexity index is 859. The zero-order valence-electron chi connectivity index (χ0n) is 17.0. The second-order valence-corrected chi connectivity index (χ2v) is 7.98. The molecule has 5 nitrogen and oxygen atoms in total. The van der Waals surface area contributed by atoms with E-state index in [1.54, 1.807) is 54.4 Å². The van der Waals surface area contributed by atoms with E-state index in [0.717, 1.165) is 5.56 Å². The number of likely N-dealkylation sites (N-methyl/N-ethyl adjacent to an activating group) is 1. The van der Waals surface area contributed by atoms with E-state index in [1.165, 1.54) is 0 Å². The largest absolute Gasteiger partial charge is 0.494 e. The van der Waals surface area contributed by atoms with E-state index in [1.807, 2.05) is 6.92 Å². The fraction of sp³-hybridized carbons (Fsp3) is 0.364. The van der Waals surface area contributed by atoms with Gasteiger partial charge in [-0.05, 0) is 54.8 Å². The van der Waals surface area contributed by atoms with Crippen LogP contribution < -0.4 is 10.1 Å². The third-order valence-electron chi connectivity index (χ3n) is 4.61. The standard InChI is InChI=1S/C22H25Cl3N2O3/c1-3-20(22(29)26-2)27(14-15-6-7-17(24)13-19(15)25)21(28)5-4-12-30-18-10-8-16(23)9-11-18/h6-11,13,20H,3-5,12,14H2,1-2H3,(H,26,29)/t20-/m1/s1. The normalized spacial score (nSPS) is 11.6. The summed E-state index contributed by atoms with van der Waals surface area (Å²) in [6.45, 7) is 2.46. The molecule has 2 aromatic rings. The van der Waals surface area contributed by atoms with E-state index in [2.05, 4.69) is 5.32 Å². The van der Waals surface area contributed by atoms with E-state index < -0.39 is 6.04 Å². The summed E-state index contributed by atoms with van der Waals surface area (Å²) in [5, 5.41) is 4.23. The lowest BCUT2D eigenvalue weighted by Crippen LogP contribution is -2.48. The Morgan fingerprint density at radius 3 is 2.33 bits per heavy atom. The zero-order chi connectivity index (χ0) is 22.1. The van der Waals surface area contributed by atoms with Crippen molar-refractivity contribution in [3.8, 4) is 5.75 Å². The first-order valence-corrected chi connectivity index (χ1v) is 10.8. The number of carbonyl (C=O) groups excluding carboxylic acids is 2. The molecular formula is C22H25Cl3N2O3. The van der Waals surface area contributed by atoms with Crippen LogP contribution in [-0.2, 0) is 16.1 Å². The lowest BCUT2D eigenvalue weighted by atomic mass is 10.1. The van der Waals surface area contributed by atoms with Crippen molar-refractivity contribution in [2.75, 3.05) is 13.7 Å². The Balaban J connectivity index is 2.05. The predicted molar refractivity (Wildman–Crippen MR) is 121 cm³/mol. The van der Waals surface area contributed by atoms with Crippen molar-refractivity contribution >= 4 is 46.6 Å². The molecule has 1 N–H and O–H groups in total. The van der Waals surface area contributed by atoms with Gasteiger partial charge in [0.1, 0.15) is 11.8 Å². The molecule has 0 heterocycles. The van der Waals surface area contributed by atoms with Gasteiger partial charge in [-0.25, -0.2) is 0 Å². The molecule has 0 aromatic heterocycles. The van der Waals surface area contributed by atoms with Crippen molar-refractivity contribution in [2.45, 2.75) is 38.8 Å². The van der Waals surface area contributed by atoms with Crippen LogP contribution in [0.3, 0.4) is 0 Å². The van der Waals surface area contributed by atoms with Gasteiger partial charge in [0, 0.05) is 35.1 Å². The van der Waals surface area contributed by atoms with Gasteiger partial charge in [-0.1, -0.05) is 47.8 Å². The summed E-state index contributed by atoms with van der Waals surface area (Å²) < 4.78 is 5.65. The molecule has 0 aliphatic carbocycles. The van der Waals surface area contributed by atoms with Crippen LogP contribution in [0.4, 0.5) is 0 Å². The van der Waals surface area contributed by atoms with Gasteiger partial charge in [-0.2, -0.15) is 0 Å². The van der Waals surface area contributed by atoms with Gasteiger partial charge in [0.2, 0.25) is 11.8 Å². The lowest BCUT2D eigenvalue weighted by Gasteiger charge is -2.30. The molecule has 2 rings (SSSR count). The molecule has 2 aromatic carbocycles. The highest BCUT2D eigenvalue weighted by Gasteiger charge is 2.28. The molecule has 0 aliphatic heterocycles. The summed E-state index contributed by atoms with van der Waals surface area (Å²) in [5.74, 6) is 0.331. The van der Waals surface area contributed by atoms with Gasteiger partial charge in [0.15, 0.2) is 0 Å². The van der Waals surface area contributed by atoms with Gasteiger partial charge in [-0.3, -0.25) is 9.59 Å². The smallest absolute Gasteiger partial charge is 0.242 e. The van der Waals surface area contributed by atoms with Crippen LogP contribution in [0.15, 0.2) is 42.5 Å². The molecule has 0 spiro atoms. The number of amides is 2. The Kier molecular flexibility index (Phi) is 9.76. The van der Waals surface area contributed by atoms with Crippen molar-refractivity contribution in [3.63, 3.8) is 0 Å². The molecule has 30 heavy (non-hydrogen) atoms. The highest BCUT2D eigenvalue weighted by atomic mass is 35.5. The number of hydrogen-bond donors (Lipinski definition) is 1. The van der Waals surface area contributed by atoms with E-state index in [-0.39, 0.29) is 24.8 Å². The highest BCUT2D eigenvalue weighted by Crippen LogP contribution is 2.24. The summed E-state index contributed by atoms with van der Waals surface area (Å²) in [6, 6.07) is 11.6. The predicted octanol–water partition coefficient (Wildman–Crippen LogP) is 5.36. The third kappa shape index (κ3) is 7.08. The Morgan fingerprint density at radius 2 is 1.73 bits per heavy atom. The highest BCUT2D eigenvalue weighted by molar-refractivity contribution is 6.35. The number of hydrogen-bond acceptors (Lipinski definition) is 3. The van der Waals surface area contributed by atoms with E-state index in [9.17, 15) is 9.59 Å². The number of halogens is 3. The van der Waals surface area contributed by atoms with Crippen LogP contribution >= 0.6 is 34.8 Å². The van der Waals surface area contributed by atoms with Crippen molar-refractivity contribution in [2.24, 2.45) is 0 Å². The number of ether oxygens (including phenoxy) is 1. The lowest BCUT2D eigenvalue weighted by molar-refractivity contribution is -0.141. The molecule has 0 saturated heterocycles. The molecule has 0 bridgehead atoms. The summed E-state index contributed by atoms with van der Waals surface area (Å²) >= 11 is 18.1. The minimum absolute atomic E-state index is 0.142. The van der Waals surface area contributed by atoms with Crippen LogP contribution in [0.5, 0.6) is 5.75 Å². The average Bonchev–Trinajstić information content (AvgIpc) is 2.73. The summed E-state index contributed by atoms with van der Waals surface area (Å²) in [4.78, 5) is 26.9. The van der Waals surface area contributed by atoms with Crippen LogP contribution in [0.2, 0.25) is 15.1 Å². The van der Waals surface area contributed by atoms with E-state index in [0.29, 0.717) is 40.3 Å². The SMILES string of the molecule is CC[C@H](C(=O)NC)N(Cc1ccc(Cl)cc1Cl)C(=O)CCCOc1ccc(Cl)cc1. The molecule has 0 unspecified atom stereocenters. The van der Waals surface area contributed by atoms with Gasteiger partial charge in [0.05, 0.1) is 6.61 Å². The molecule has 0 radical (unpaired) electrons. The molecular weight excluding hydrogens is 447 g/mol. The minimum atomic E-state index is -0.591. The maximum absolute atomic E-state index is 13.0. The van der Waals surface area contributed by atoms with Crippen molar-refractivity contribution in [1.29, 1.82) is 0 Å². The maximum Gasteiger partial charge on any atom is 0.242 e. The van der Waals surface area contributed by atoms with Crippen molar-refractivity contribution in [3.05, 3.63) is 63.1 Å². The maximum atomic E-state index is 13.0. The quantitative estimate of drug-likeness (QED) is 0.475. The van der Waals surface area contributed by atoms with E-state index >= 15 is 0 Å². The van der Waals surface area contributed by atoms with Crippen molar-refractivity contribution in [1.82, 2.24) is 10.2 Å². The molecule has 0 saturated carbocycles. The number of carbonyl (C=O) groups is 2. The second-order valence-electron chi connectivity index (χ2n) is 6.70.